The number of carbonyl (C=O) groups excluding carboxylic acids is 1. The third-order valence-corrected chi connectivity index (χ3v) is 3.84. The molecule has 86 valence electrons. The molecule has 0 radical (unpaired) electrons. The zero-order valence-corrected chi connectivity index (χ0v) is 10.9. The Kier molecular flexibility index (Phi) is 2.45. The zero-order chi connectivity index (χ0) is 12.1. The zero-order valence-electron chi connectivity index (χ0n) is 10.9. The molecular formula is C15H20O. The van der Waals surface area contributed by atoms with E-state index in [1.165, 1.54) is 22.3 Å². The molecule has 0 fully saturated rings. The molecule has 0 saturated heterocycles. The van der Waals surface area contributed by atoms with Crippen LogP contribution in [-0.4, -0.2) is 5.78 Å². The van der Waals surface area contributed by atoms with Crippen molar-refractivity contribution in [2.24, 2.45) is 5.41 Å². The van der Waals surface area contributed by atoms with Gasteiger partial charge < -0.3 is 0 Å². The quantitative estimate of drug-likeness (QED) is 0.700. The van der Waals surface area contributed by atoms with E-state index in [-0.39, 0.29) is 5.41 Å². The Morgan fingerprint density at radius 1 is 1.31 bits per heavy atom. The molecule has 1 aliphatic rings. The summed E-state index contributed by atoms with van der Waals surface area (Å²) in [7, 11) is 0. The van der Waals surface area contributed by atoms with Crippen molar-refractivity contribution in [3.05, 3.63) is 33.9 Å². The van der Waals surface area contributed by atoms with Gasteiger partial charge in [-0.15, -0.1) is 0 Å². The molecule has 0 aromatic heterocycles. The SMILES string of the molecule is CCc1c(C)cc2c(c1C)C(=O)C(C)(C)C2. The molecule has 0 unspecified atom stereocenters. The van der Waals surface area contributed by atoms with Crippen molar-refractivity contribution in [1.29, 1.82) is 0 Å². The normalized spacial score (nSPS) is 17.7. The first-order valence-corrected chi connectivity index (χ1v) is 6.05. The van der Waals surface area contributed by atoms with E-state index in [9.17, 15) is 4.79 Å². The highest BCUT2D eigenvalue weighted by Crippen LogP contribution is 2.39. The summed E-state index contributed by atoms with van der Waals surface area (Å²) in [6.07, 6.45) is 1.91. The van der Waals surface area contributed by atoms with E-state index in [0.29, 0.717) is 5.78 Å². The molecule has 1 heteroatoms. The van der Waals surface area contributed by atoms with Crippen LogP contribution in [0.4, 0.5) is 0 Å². The Hall–Kier alpha value is -1.11. The van der Waals surface area contributed by atoms with Gasteiger partial charge in [0.15, 0.2) is 5.78 Å². The monoisotopic (exact) mass is 216 g/mol. The van der Waals surface area contributed by atoms with Crippen LogP contribution >= 0.6 is 0 Å². The lowest BCUT2D eigenvalue weighted by molar-refractivity contribution is 0.0863. The first-order valence-electron chi connectivity index (χ1n) is 6.05. The number of aryl methyl sites for hydroxylation is 1. The number of rotatable bonds is 1. The number of Topliss-reactive ketones (excluding diaryl/α,β-unsaturated/α-hetero) is 1. The molecule has 1 aromatic carbocycles. The van der Waals surface area contributed by atoms with E-state index in [2.05, 4.69) is 40.7 Å². The van der Waals surface area contributed by atoms with Gasteiger partial charge in [-0.25, -0.2) is 0 Å². The molecule has 16 heavy (non-hydrogen) atoms. The van der Waals surface area contributed by atoms with Crippen LogP contribution in [0, 0.1) is 19.3 Å². The van der Waals surface area contributed by atoms with Gasteiger partial charge in [0, 0.05) is 11.0 Å². The molecule has 0 spiro atoms. The van der Waals surface area contributed by atoms with E-state index in [0.717, 1.165) is 18.4 Å². The molecule has 0 N–H and O–H groups in total. The van der Waals surface area contributed by atoms with Crippen LogP contribution in [0.5, 0.6) is 0 Å². The highest BCUT2D eigenvalue weighted by Gasteiger charge is 2.38. The molecule has 0 heterocycles. The molecule has 0 aliphatic heterocycles. The molecule has 0 amide bonds. The smallest absolute Gasteiger partial charge is 0.169 e. The summed E-state index contributed by atoms with van der Waals surface area (Å²) in [4.78, 5) is 12.3. The molecule has 1 aliphatic carbocycles. The van der Waals surface area contributed by atoms with Gasteiger partial charge in [0.2, 0.25) is 0 Å². The van der Waals surface area contributed by atoms with Crippen molar-refractivity contribution in [2.75, 3.05) is 0 Å². The van der Waals surface area contributed by atoms with Gasteiger partial charge in [0.1, 0.15) is 0 Å². The second-order valence-corrected chi connectivity index (χ2v) is 5.57. The van der Waals surface area contributed by atoms with Crippen LogP contribution < -0.4 is 0 Å². The number of fused-ring (bicyclic) bond motifs is 1. The van der Waals surface area contributed by atoms with Gasteiger partial charge in [-0.3, -0.25) is 4.79 Å². The van der Waals surface area contributed by atoms with Crippen LogP contribution in [0.3, 0.4) is 0 Å². The fourth-order valence-corrected chi connectivity index (χ4v) is 3.00. The maximum atomic E-state index is 12.3. The lowest BCUT2D eigenvalue weighted by Crippen LogP contribution is -2.19. The molecular weight excluding hydrogens is 196 g/mol. The standard InChI is InChI=1S/C15H20O/c1-6-12-9(2)7-11-8-15(4,5)14(16)13(11)10(12)3/h7H,6,8H2,1-5H3. The van der Waals surface area contributed by atoms with Gasteiger partial charge in [0.05, 0.1) is 0 Å². The van der Waals surface area contributed by atoms with Crippen LogP contribution in [-0.2, 0) is 12.8 Å². The highest BCUT2D eigenvalue weighted by atomic mass is 16.1. The summed E-state index contributed by atoms with van der Waals surface area (Å²) >= 11 is 0. The van der Waals surface area contributed by atoms with Crippen LogP contribution in [0.25, 0.3) is 0 Å². The first kappa shape index (κ1) is 11.4. The summed E-state index contributed by atoms with van der Waals surface area (Å²) < 4.78 is 0. The van der Waals surface area contributed by atoms with E-state index >= 15 is 0 Å². The minimum absolute atomic E-state index is 0.202. The lowest BCUT2D eigenvalue weighted by atomic mass is 9.88. The van der Waals surface area contributed by atoms with Crippen LogP contribution in [0.1, 0.15) is 53.4 Å². The summed E-state index contributed by atoms with van der Waals surface area (Å²) in [6.45, 7) is 10.5. The second kappa shape index (κ2) is 3.44. The van der Waals surface area contributed by atoms with E-state index in [4.69, 9.17) is 0 Å². The average molecular weight is 216 g/mol. The number of ketones is 1. The van der Waals surface area contributed by atoms with Crippen LogP contribution in [0.15, 0.2) is 6.07 Å². The highest BCUT2D eigenvalue weighted by molar-refractivity contribution is 6.06. The Balaban J connectivity index is 2.69. The molecule has 0 saturated carbocycles. The maximum Gasteiger partial charge on any atom is 0.169 e. The van der Waals surface area contributed by atoms with Gasteiger partial charge in [-0.2, -0.15) is 0 Å². The lowest BCUT2D eigenvalue weighted by Gasteiger charge is -2.14. The Labute approximate surface area is 97.9 Å². The van der Waals surface area contributed by atoms with E-state index in [1.807, 2.05) is 0 Å². The first-order chi connectivity index (χ1) is 7.38. The molecule has 1 nitrogen and oxygen atoms in total. The van der Waals surface area contributed by atoms with E-state index in [1.54, 1.807) is 0 Å². The van der Waals surface area contributed by atoms with Crippen molar-refractivity contribution < 1.29 is 4.79 Å². The number of hydrogen-bond donors (Lipinski definition) is 0. The topological polar surface area (TPSA) is 17.1 Å². The van der Waals surface area contributed by atoms with Gasteiger partial charge in [0.25, 0.3) is 0 Å². The van der Waals surface area contributed by atoms with Crippen molar-refractivity contribution in [3.63, 3.8) is 0 Å². The summed E-state index contributed by atoms with van der Waals surface area (Å²) in [5.41, 5.74) is 5.96. The predicted molar refractivity (Wildman–Crippen MR) is 67.1 cm³/mol. The summed E-state index contributed by atoms with van der Waals surface area (Å²) in [6, 6.07) is 2.22. The molecule has 0 atom stereocenters. The van der Waals surface area contributed by atoms with Gasteiger partial charge in [-0.1, -0.05) is 26.8 Å². The van der Waals surface area contributed by atoms with Crippen LogP contribution in [0.2, 0.25) is 0 Å². The second-order valence-electron chi connectivity index (χ2n) is 5.57. The van der Waals surface area contributed by atoms with Crippen molar-refractivity contribution >= 4 is 5.78 Å². The fourth-order valence-electron chi connectivity index (χ4n) is 3.00. The molecule has 0 bridgehead atoms. The third-order valence-electron chi connectivity index (χ3n) is 3.84. The Morgan fingerprint density at radius 3 is 2.50 bits per heavy atom. The van der Waals surface area contributed by atoms with Gasteiger partial charge >= 0.3 is 0 Å². The molecule has 2 rings (SSSR count). The fraction of sp³-hybridized carbons (Fsp3) is 0.533. The largest absolute Gasteiger partial charge is 0.294 e. The minimum Gasteiger partial charge on any atom is -0.294 e. The number of benzene rings is 1. The summed E-state index contributed by atoms with van der Waals surface area (Å²) in [5.74, 6) is 0.328. The van der Waals surface area contributed by atoms with E-state index < -0.39 is 0 Å². The Bertz CT molecular complexity index is 467. The number of hydrogen-bond acceptors (Lipinski definition) is 1. The van der Waals surface area contributed by atoms with Crippen molar-refractivity contribution in [2.45, 2.75) is 47.5 Å². The average Bonchev–Trinajstić information content (AvgIpc) is 2.37. The van der Waals surface area contributed by atoms with Gasteiger partial charge in [-0.05, 0) is 48.9 Å². The predicted octanol–water partition coefficient (Wildman–Crippen LogP) is 3.63. The number of carbonyl (C=O) groups is 1. The summed E-state index contributed by atoms with van der Waals surface area (Å²) in [5, 5.41) is 0. The molecule has 1 aromatic rings. The minimum atomic E-state index is -0.202. The Morgan fingerprint density at radius 2 is 1.94 bits per heavy atom. The third kappa shape index (κ3) is 1.41. The van der Waals surface area contributed by atoms with Crippen molar-refractivity contribution in [1.82, 2.24) is 0 Å². The van der Waals surface area contributed by atoms with Crippen molar-refractivity contribution in [3.8, 4) is 0 Å². The maximum absolute atomic E-state index is 12.3.